The molecule has 1 heterocycles. The molecule has 0 aromatic heterocycles. The van der Waals surface area contributed by atoms with Crippen LogP contribution in [0.4, 0.5) is 4.39 Å². The minimum Gasteiger partial charge on any atom is -0.352 e. The molecule has 1 aliphatic heterocycles. The lowest BCUT2D eigenvalue weighted by atomic mass is 9.99. The van der Waals surface area contributed by atoms with Crippen LogP contribution in [0.3, 0.4) is 0 Å². The predicted octanol–water partition coefficient (Wildman–Crippen LogP) is 4.18. The van der Waals surface area contributed by atoms with Crippen molar-refractivity contribution in [1.82, 2.24) is 4.90 Å². The van der Waals surface area contributed by atoms with Gasteiger partial charge >= 0.3 is 0 Å². The lowest BCUT2D eigenvalue weighted by molar-refractivity contribution is 0.314. The summed E-state index contributed by atoms with van der Waals surface area (Å²) in [4.78, 5) is 2.09. The molecule has 1 aliphatic rings. The number of halogens is 1. The molecule has 0 saturated carbocycles. The second-order valence-corrected chi connectivity index (χ2v) is 5.45. The Hall–Kier alpha value is -1.38. The van der Waals surface area contributed by atoms with E-state index in [0.29, 0.717) is 11.8 Å². The van der Waals surface area contributed by atoms with Crippen molar-refractivity contribution < 1.29 is 4.39 Å². The molecule has 0 bridgehead atoms. The topological polar surface area (TPSA) is 27.1 Å². The van der Waals surface area contributed by atoms with E-state index in [2.05, 4.69) is 18.7 Å². The van der Waals surface area contributed by atoms with Gasteiger partial charge in [-0.2, -0.15) is 0 Å². The Morgan fingerprint density at radius 3 is 2.84 bits per heavy atom. The zero-order chi connectivity index (χ0) is 13.8. The number of fused-ring (bicyclic) bond motifs is 1. The highest BCUT2D eigenvalue weighted by Crippen LogP contribution is 2.26. The third-order valence-electron chi connectivity index (χ3n) is 4.03. The highest BCUT2D eigenvalue weighted by Gasteiger charge is 2.25. The Bertz CT molecular complexity index is 456. The monoisotopic (exact) mass is 262 g/mol. The molecule has 19 heavy (non-hydrogen) atoms. The zero-order valence-corrected chi connectivity index (χ0v) is 11.9. The van der Waals surface area contributed by atoms with Crippen LogP contribution in [0, 0.1) is 17.1 Å². The van der Waals surface area contributed by atoms with Crippen LogP contribution in [0.2, 0.25) is 0 Å². The Labute approximate surface area is 115 Å². The van der Waals surface area contributed by atoms with Gasteiger partial charge in [-0.05, 0) is 30.0 Å². The lowest BCUT2D eigenvalue weighted by Gasteiger charge is -2.24. The first-order chi connectivity index (χ1) is 9.15. The van der Waals surface area contributed by atoms with E-state index in [9.17, 15) is 4.39 Å². The highest BCUT2D eigenvalue weighted by atomic mass is 19.1. The number of rotatable bonds is 6. The number of nitrogens with one attached hydrogen (secondary N) is 1. The summed E-state index contributed by atoms with van der Waals surface area (Å²) in [7, 11) is 0. The molecular weight excluding hydrogens is 239 g/mol. The van der Waals surface area contributed by atoms with Crippen LogP contribution in [0.25, 0.3) is 0 Å². The van der Waals surface area contributed by atoms with Crippen LogP contribution in [0.1, 0.15) is 50.7 Å². The summed E-state index contributed by atoms with van der Waals surface area (Å²) in [5.41, 5.74) is 1.85. The molecule has 1 aromatic rings. The van der Waals surface area contributed by atoms with Gasteiger partial charge < -0.3 is 4.90 Å². The standard InChI is InChI=1S/C16H23FN2/c1-3-5-6-12(4-2)10-19-11-13-7-8-14(17)9-15(13)16(19)18/h7-9,12,18H,3-6,10-11H2,1-2H3. The van der Waals surface area contributed by atoms with Crippen LogP contribution in [-0.4, -0.2) is 17.3 Å². The fourth-order valence-electron chi connectivity index (χ4n) is 2.75. The predicted molar refractivity (Wildman–Crippen MR) is 76.9 cm³/mol. The summed E-state index contributed by atoms with van der Waals surface area (Å²) < 4.78 is 13.2. The van der Waals surface area contributed by atoms with Crippen molar-refractivity contribution in [3.05, 3.63) is 35.1 Å². The van der Waals surface area contributed by atoms with E-state index in [-0.39, 0.29) is 5.82 Å². The van der Waals surface area contributed by atoms with E-state index < -0.39 is 0 Å². The summed E-state index contributed by atoms with van der Waals surface area (Å²) in [6.07, 6.45) is 4.84. The second-order valence-electron chi connectivity index (χ2n) is 5.45. The number of hydrogen-bond donors (Lipinski definition) is 1. The summed E-state index contributed by atoms with van der Waals surface area (Å²) >= 11 is 0. The average Bonchev–Trinajstić information content (AvgIpc) is 2.71. The molecule has 0 fully saturated rings. The molecule has 1 atom stereocenters. The molecule has 2 rings (SSSR count). The third-order valence-corrected chi connectivity index (χ3v) is 4.03. The van der Waals surface area contributed by atoms with Gasteiger partial charge in [-0.15, -0.1) is 0 Å². The van der Waals surface area contributed by atoms with Gasteiger partial charge in [0.1, 0.15) is 11.7 Å². The highest BCUT2D eigenvalue weighted by molar-refractivity contribution is 6.00. The lowest BCUT2D eigenvalue weighted by Crippen LogP contribution is -2.29. The maximum absolute atomic E-state index is 13.2. The Morgan fingerprint density at radius 2 is 2.16 bits per heavy atom. The van der Waals surface area contributed by atoms with Gasteiger partial charge in [-0.1, -0.05) is 39.2 Å². The summed E-state index contributed by atoms with van der Waals surface area (Å²) in [6.45, 7) is 6.11. The van der Waals surface area contributed by atoms with Gasteiger partial charge in [-0.25, -0.2) is 4.39 Å². The van der Waals surface area contributed by atoms with Crippen molar-refractivity contribution >= 4 is 5.84 Å². The van der Waals surface area contributed by atoms with Gasteiger partial charge in [0, 0.05) is 18.7 Å². The first-order valence-corrected chi connectivity index (χ1v) is 7.28. The minimum absolute atomic E-state index is 0.247. The number of benzene rings is 1. The molecule has 1 N–H and O–H groups in total. The van der Waals surface area contributed by atoms with Gasteiger partial charge in [0.05, 0.1) is 0 Å². The van der Waals surface area contributed by atoms with Crippen molar-refractivity contribution in [2.75, 3.05) is 6.54 Å². The molecule has 104 valence electrons. The maximum Gasteiger partial charge on any atom is 0.128 e. The van der Waals surface area contributed by atoms with Gasteiger partial charge in [-0.3, -0.25) is 5.41 Å². The molecule has 3 heteroatoms. The Morgan fingerprint density at radius 1 is 1.37 bits per heavy atom. The van der Waals surface area contributed by atoms with Crippen molar-refractivity contribution in [3.8, 4) is 0 Å². The molecule has 0 aliphatic carbocycles. The minimum atomic E-state index is -0.247. The second kappa shape index (κ2) is 6.18. The largest absolute Gasteiger partial charge is 0.352 e. The van der Waals surface area contributed by atoms with E-state index in [0.717, 1.165) is 30.6 Å². The smallest absolute Gasteiger partial charge is 0.128 e. The van der Waals surface area contributed by atoms with E-state index in [4.69, 9.17) is 5.41 Å². The van der Waals surface area contributed by atoms with Crippen molar-refractivity contribution in [2.45, 2.75) is 46.1 Å². The first-order valence-electron chi connectivity index (χ1n) is 7.28. The van der Waals surface area contributed by atoms with Gasteiger partial charge in [0.15, 0.2) is 0 Å². The number of amidine groups is 1. The molecule has 0 spiro atoms. The van der Waals surface area contributed by atoms with Crippen LogP contribution in [0.15, 0.2) is 18.2 Å². The molecule has 1 unspecified atom stereocenters. The van der Waals surface area contributed by atoms with Crippen molar-refractivity contribution in [3.63, 3.8) is 0 Å². The Kier molecular flexibility index (Phi) is 4.56. The van der Waals surface area contributed by atoms with E-state index in [1.54, 1.807) is 0 Å². The first kappa shape index (κ1) is 14.0. The SMILES string of the molecule is CCCCC(CC)CN1Cc2ccc(F)cc2C1=N. The molecule has 2 nitrogen and oxygen atoms in total. The number of hydrogen-bond acceptors (Lipinski definition) is 1. The maximum atomic E-state index is 13.2. The number of unbranched alkanes of at least 4 members (excludes halogenated alkanes) is 1. The zero-order valence-electron chi connectivity index (χ0n) is 11.9. The van der Waals surface area contributed by atoms with Crippen LogP contribution < -0.4 is 0 Å². The van der Waals surface area contributed by atoms with E-state index >= 15 is 0 Å². The van der Waals surface area contributed by atoms with E-state index in [1.165, 1.54) is 31.4 Å². The molecule has 1 aromatic carbocycles. The quantitative estimate of drug-likeness (QED) is 0.818. The molecule has 0 radical (unpaired) electrons. The van der Waals surface area contributed by atoms with E-state index in [1.807, 2.05) is 6.07 Å². The molecular formula is C16H23FN2. The third kappa shape index (κ3) is 3.14. The van der Waals surface area contributed by atoms with Crippen LogP contribution >= 0.6 is 0 Å². The summed E-state index contributed by atoms with van der Waals surface area (Å²) in [5.74, 6) is 0.882. The average molecular weight is 262 g/mol. The summed E-state index contributed by atoms with van der Waals surface area (Å²) in [6, 6.07) is 4.79. The van der Waals surface area contributed by atoms with Crippen LogP contribution in [-0.2, 0) is 6.54 Å². The fourth-order valence-corrected chi connectivity index (χ4v) is 2.75. The fraction of sp³-hybridized carbons (Fsp3) is 0.562. The van der Waals surface area contributed by atoms with Gasteiger partial charge in [0.2, 0.25) is 0 Å². The van der Waals surface area contributed by atoms with Crippen LogP contribution in [0.5, 0.6) is 0 Å². The summed E-state index contributed by atoms with van der Waals surface area (Å²) in [5, 5.41) is 8.19. The Balaban J connectivity index is 2.03. The molecule has 0 amide bonds. The van der Waals surface area contributed by atoms with Crippen molar-refractivity contribution in [1.29, 1.82) is 5.41 Å². The normalized spacial score (nSPS) is 15.7. The van der Waals surface area contributed by atoms with Gasteiger partial charge in [0.25, 0.3) is 0 Å². The molecule has 0 saturated heterocycles. The number of nitrogens with zero attached hydrogens (tertiary/aromatic N) is 1. The van der Waals surface area contributed by atoms with Crippen molar-refractivity contribution in [2.24, 2.45) is 5.92 Å².